The Morgan fingerprint density at radius 1 is 1.38 bits per heavy atom. The summed E-state index contributed by atoms with van der Waals surface area (Å²) in [5, 5.41) is 0.191. The van der Waals surface area contributed by atoms with E-state index in [1.807, 2.05) is 16.7 Å². The number of carbonyl (C=O) groups is 1. The highest BCUT2D eigenvalue weighted by molar-refractivity contribution is 8.00. The van der Waals surface area contributed by atoms with E-state index in [-0.39, 0.29) is 5.25 Å². The largest absolute Gasteiger partial charge is 0.338 e. The van der Waals surface area contributed by atoms with Gasteiger partial charge in [0.2, 0.25) is 5.91 Å². The van der Waals surface area contributed by atoms with Gasteiger partial charge in [-0.1, -0.05) is 13.8 Å². The lowest BCUT2D eigenvalue weighted by Crippen LogP contribution is -2.48. The molecule has 0 aromatic rings. The Morgan fingerprint density at radius 2 is 2.00 bits per heavy atom. The van der Waals surface area contributed by atoms with Crippen molar-refractivity contribution >= 4 is 17.7 Å². The lowest BCUT2D eigenvalue weighted by atomic mass is 10.1. The minimum atomic E-state index is 0.191. The van der Waals surface area contributed by atoms with Gasteiger partial charge in [-0.15, -0.1) is 11.8 Å². The third-order valence-electron chi connectivity index (χ3n) is 2.38. The van der Waals surface area contributed by atoms with Crippen LogP contribution in [0.3, 0.4) is 0 Å². The molecule has 0 aromatic carbocycles. The van der Waals surface area contributed by atoms with Crippen molar-refractivity contribution in [2.75, 3.05) is 12.3 Å². The summed E-state index contributed by atoms with van der Waals surface area (Å²) < 4.78 is 0. The number of thioether (sulfide) groups is 1. The second-order valence-corrected chi connectivity index (χ2v) is 5.41. The van der Waals surface area contributed by atoms with Crippen molar-refractivity contribution in [3.63, 3.8) is 0 Å². The molecule has 76 valence electrons. The van der Waals surface area contributed by atoms with E-state index in [1.165, 1.54) is 0 Å². The third-order valence-corrected chi connectivity index (χ3v) is 3.91. The fraction of sp³-hybridized carbons (Fsp3) is 0.900. The summed E-state index contributed by atoms with van der Waals surface area (Å²) >= 11 is 1.81. The number of rotatable bonds is 2. The van der Waals surface area contributed by atoms with Crippen LogP contribution >= 0.6 is 11.8 Å². The first-order valence-corrected chi connectivity index (χ1v) is 6.01. The van der Waals surface area contributed by atoms with Gasteiger partial charge < -0.3 is 4.90 Å². The fourth-order valence-corrected chi connectivity index (χ4v) is 2.83. The van der Waals surface area contributed by atoms with Gasteiger partial charge in [0.1, 0.15) is 0 Å². The van der Waals surface area contributed by atoms with Crippen LogP contribution in [0.1, 0.15) is 27.7 Å². The SMILES string of the molecule is CC(C)C1SCCN(C(C)C)C1=O. The predicted molar refractivity (Wildman–Crippen MR) is 57.9 cm³/mol. The Hall–Kier alpha value is -0.180. The Kier molecular flexibility index (Phi) is 3.65. The first-order valence-electron chi connectivity index (χ1n) is 4.96. The molecule has 1 fully saturated rings. The standard InChI is InChI=1S/C10H19NOS/c1-7(2)9-10(12)11(8(3)4)5-6-13-9/h7-9H,5-6H2,1-4H3. The molecule has 3 heteroatoms. The van der Waals surface area contributed by atoms with Gasteiger partial charge in [-0.25, -0.2) is 0 Å². The molecule has 2 nitrogen and oxygen atoms in total. The maximum atomic E-state index is 11.9. The molecule has 0 aromatic heterocycles. The van der Waals surface area contributed by atoms with Crippen LogP contribution in [-0.4, -0.2) is 34.4 Å². The molecule has 1 unspecified atom stereocenters. The van der Waals surface area contributed by atoms with E-state index in [1.54, 1.807) is 0 Å². The van der Waals surface area contributed by atoms with E-state index in [0.29, 0.717) is 17.9 Å². The molecule has 1 aliphatic heterocycles. The van der Waals surface area contributed by atoms with Gasteiger partial charge >= 0.3 is 0 Å². The lowest BCUT2D eigenvalue weighted by molar-refractivity contribution is -0.133. The van der Waals surface area contributed by atoms with Crippen LogP contribution in [0.15, 0.2) is 0 Å². The Morgan fingerprint density at radius 3 is 2.46 bits per heavy atom. The second kappa shape index (κ2) is 4.36. The molecule has 0 spiro atoms. The second-order valence-electron chi connectivity index (χ2n) is 4.16. The predicted octanol–water partition coefficient (Wildman–Crippen LogP) is 1.99. The molecule has 1 aliphatic rings. The molecule has 0 bridgehead atoms. The molecule has 1 heterocycles. The van der Waals surface area contributed by atoms with Crippen LogP contribution in [-0.2, 0) is 4.79 Å². The van der Waals surface area contributed by atoms with Crippen LogP contribution in [0.5, 0.6) is 0 Å². The Labute approximate surface area is 85.1 Å². The molecular formula is C10H19NOS. The third kappa shape index (κ3) is 2.39. The fourth-order valence-electron chi connectivity index (χ4n) is 1.61. The van der Waals surface area contributed by atoms with E-state index in [2.05, 4.69) is 27.7 Å². The average molecular weight is 201 g/mol. The van der Waals surface area contributed by atoms with E-state index in [0.717, 1.165) is 12.3 Å². The molecule has 0 saturated carbocycles. The summed E-state index contributed by atoms with van der Waals surface area (Å²) in [6.45, 7) is 9.35. The molecule has 1 saturated heterocycles. The van der Waals surface area contributed by atoms with Crippen LogP contribution in [0.25, 0.3) is 0 Å². The van der Waals surface area contributed by atoms with E-state index >= 15 is 0 Å². The summed E-state index contributed by atoms with van der Waals surface area (Å²) in [4.78, 5) is 13.9. The number of hydrogen-bond donors (Lipinski definition) is 0. The first-order chi connectivity index (χ1) is 6.04. The first kappa shape index (κ1) is 10.9. The quantitative estimate of drug-likeness (QED) is 0.681. The minimum Gasteiger partial charge on any atom is -0.338 e. The summed E-state index contributed by atoms with van der Waals surface area (Å²) in [6, 6.07) is 0.356. The van der Waals surface area contributed by atoms with Crippen molar-refractivity contribution in [2.24, 2.45) is 5.92 Å². The smallest absolute Gasteiger partial charge is 0.236 e. The molecule has 1 amide bonds. The average Bonchev–Trinajstić information content (AvgIpc) is 2.03. The molecule has 13 heavy (non-hydrogen) atoms. The Bertz CT molecular complexity index is 173. The summed E-state index contributed by atoms with van der Waals surface area (Å²) in [7, 11) is 0. The number of amides is 1. The maximum Gasteiger partial charge on any atom is 0.236 e. The topological polar surface area (TPSA) is 20.3 Å². The van der Waals surface area contributed by atoms with E-state index < -0.39 is 0 Å². The molecule has 1 atom stereocenters. The van der Waals surface area contributed by atoms with Crippen molar-refractivity contribution in [1.82, 2.24) is 4.90 Å². The highest BCUT2D eigenvalue weighted by Crippen LogP contribution is 2.26. The monoisotopic (exact) mass is 201 g/mol. The van der Waals surface area contributed by atoms with Crippen molar-refractivity contribution < 1.29 is 4.79 Å². The molecular weight excluding hydrogens is 182 g/mol. The van der Waals surface area contributed by atoms with Crippen LogP contribution in [0.2, 0.25) is 0 Å². The van der Waals surface area contributed by atoms with Gasteiger partial charge in [-0.2, -0.15) is 0 Å². The number of hydrogen-bond acceptors (Lipinski definition) is 2. The molecule has 0 radical (unpaired) electrons. The van der Waals surface area contributed by atoms with Crippen molar-refractivity contribution in [1.29, 1.82) is 0 Å². The van der Waals surface area contributed by atoms with Crippen molar-refractivity contribution in [3.8, 4) is 0 Å². The Balaban J connectivity index is 2.66. The van der Waals surface area contributed by atoms with Crippen molar-refractivity contribution in [2.45, 2.75) is 39.0 Å². The van der Waals surface area contributed by atoms with Gasteiger partial charge in [0.15, 0.2) is 0 Å². The van der Waals surface area contributed by atoms with E-state index in [4.69, 9.17) is 0 Å². The van der Waals surface area contributed by atoms with Gasteiger partial charge in [0.05, 0.1) is 5.25 Å². The summed E-state index contributed by atoms with van der Waals surface area (Å²) in [6.07, 6.45) is 0. The van der Waals surface area contributed by atoms with Crippen molar-refractivity contribution in [3.05, 3.63) is 0 Å². The maximum absolute atomic E-state index is 11.9. The molecule has 1 rings (SSSR count). The van der Waals surface area contributed by atoms with Gasteiger partial charge in [-0.05, 0) is 19.8 Å². The van der Waals surface area contributed by atoms with Gasteiger partial charge in [-0.3, -0.25) is 4.79 Å². The highest BCUT2D eigenvalue weighted by atomic mass is 32.2. The highest BCUT2D eigenvalue weighted by Gasteiger charge is 2.32. The zero-order chi connectivity index (χ0) is 10.0. The summed E-state index contributed by atoms with van der Waals surface area (Å²) in [5.74, 6) is 1.88. The van der Waals surface area contributed by atoms with Crippen LogP contribution in [0.4, 0.5) is 0 Å². The summed E-state index contributed by atoms with van der Waals surface area (Å²) in [5.41, 5.74) is 0. The minimum absolute atomic E-state index is 0.191. The molecule has 0 aliphatic carbocycles. The molecule has 0 N–H and O–H groups in total. The number of nitrogens with zero attached hydrogens (tertiary/aromatic N) is 1. The zero-order valence-corrected chi connectivity index (χ0v) is 9.73. The van der Waals surface area contributed by atoms with Crippen LogP contribution in [0, 0.1) is 5.92 Å². The number of carbonyl (C=O) groups excluding carboxylic acids is 1. The van der Waals surface area contributed by atoms with Gasteiger partial charge in [0.25, 0.3) is 0 Å². The van der Waals surface area contributed by atoms with Crippen LogP contribution < -0.4 is 0 Å². The normalized spacial score (nSPS) is 24.6. The van der Waals surface area contributed by atoms with E-state index in [9.17, 15) is 4.79 Å². The lowest BCUT2D eigenvalue weighted by Gasteiger charge is -2.36. The zero-order valence-electron chi connectivity index (χ0n) is 8.91. The van der Waals surface area contributed by atoms with Gasteiger partial charge in [0, 0.05) is 18.3 Å².